The van der Waals surface area contributed by atoms with Crippen LogP contribution in [0.15, 0.2) is 36.4 Å². The molecule has 0 amide bonds. The number of hydrogen-bond acceptors (Lipinski definition) is 5. The maximum Gasteiger partial charge on any atom is 0.261 e. The lowest BCUT2D eigenvalue weighted by Gasteiger charge is -2.38. The van der Waals surface area contributed by atoms with E-state index >= 15 is 0 Å². The van der Waals surface area contributed by atoms with Crippen LogP contribution in [0, 0.1) is 20.8 Å². The Morgan fingerprint density at radius 2 is 1.77 bits per heavy atom. The standard InChI is InChI=1S/C28H35F2N5/c1-18-6-5-7-24(19(18)2)20(3)31-27-26-16-23(8-9-25(26)21(4)32-33-27)34-13-10-22(11-14-34)35-15-12-28(29,30)17-35/h5-9,16,20,22H,10-15,17H2,1-4H3,(H,31,33)/t20-/m1/s1. The summed E-state index contributed by atoms with van der Waals surface area (Å²) >= 11 is 0. The maximum atomic E-state index is 13.7. The summed E-state index contributed by atoms with van der Waals surface area (Å²) in [6.45, 7) is 10.6. The van der Waals surface area contributed by atoms with Crippen molar-refractivity contribution in [2.45, 2.75) is 65.0 Å². The van der Waals surface area contributed by atoms with Crippen molar-refractivity contribution in [2.75, 3.05) is 36.4 Å². The molecule has 0 radical (unpaired) electrons. The van der Waals surface area contributed by atoms with E-state index in [1.807, 2.05) is 11.8 Å². The fraction of sp³-hybridized carbons (Fsp3) is 0.500. The average Bonchev–Trinajstić information content (AvgIpc) is 3.22. The highest BCUT2D eigenvalue weighted by atomic mass is 19.3. The fourth-order valence-corrected chi connectivity index (χ4v) is 5.67. The van der Waals surface area contributed by atoms with Gasteiger partial charge >= 0.3 is 0 Å². The van der Waals surface area contributed by atoms with Crippen molar-refractivity contribution < 1.29 is 8.78 Å². The summed E-state index contributed by atoms with van der Waals surface area (Å²) in [4.78, 5) is 4.37. The normalized spacial score (nSPS) is 19.9. The minimum Gasteiger partial charge on any atom is -0.371 e. The van der Waals surface area contributed by atoms with Gasteiger partial charge in [0.25, 0.3) is 5.92 Å². The fourth-order valence-electron chi connectivity index (χ4n) is 5.67. The number of aryl methyl sites for hydroxylation is 2. The van der Waals surface area contributed by atoms with Crippen LogP contribution in [-0.2, 0) is 0 Å². The number of benzene rings is 2. The maximum absolute atomic E-state index is 13.7. The Morgan fingerprint density at radius 1 is 1.00 bits per heavy atom. The number of halogens is 2. The molecule has 2 aliphatic heterocycles. The molecule has 2 fully saturated rings. The molecule has 0 spiro atoms. The first-order valence-corrected chi connectivity index (χ1v) is 12.7. The van der Waals surface area contributed by atoms with Crippen LogP contribution in [0.5, 0.6) is 0 Å². The van der Waals surface area contributed by atoms with Crippen LogP contribution in [0.3, 0.4) is 0 Å². The van der Waals surface area contributed by atoms with Gasteiger partial charge in [0, 0.05) is 48.6 Å². The molecule has 2 aliphatic rings. The molecule has 5 nitrogen and oxygen atoms in total. The predicted molar refractivity (Wildman–Crippen MR) is 139 cm³/mol. The number of alkyl halides is 2. The first kappa shape index (κ1) is 23.9. The summed E-state index contributed by atoms with van der Waals surface area (Å²) < 4.78 is 27.4. The molecular formula is C28H35F2N5. The van der Waals surface area contributed by atoms with E-state index in [1.165, 1.54) is 16.7 Å². The highest BCUT2D eigenvalue weighted by Gasteiger charge is 2.41. The zero-order valence-corrected chi connectivity index (χ0v) is 21.1. The molecule has 7 heteroatoms. The number of nitrogens with zero attached hydrogens (tertiary/aromatic N) is 4. The highest BCUT2D eigenvalue weighted by molar-refractivity contribution is 5.95. The van der Waals surface area contributed by atoms with Gasteiger partial charge in [-0.3, -0.25) is 4.90 Å². The minimum atomic E-state index is -2.52. The van der Waals surface area contributed by atoms with Gasteiger partial charge < -0.3 is 10.2 Å². The second-order valence-corrected chi connectivity index (χ2v) is 10.3. The number of piperidine rings is 1. The van der Waals surface area contributed by atoms with Crippen molar-refractivity contribution in [1.29, 1.82) is 0 Å². The summed E-state index contributed by atoms with van der Waals surface area (Å²) in [6, 6.07) is 13.2. The van der Waals surface area contributed by atoms with Crippen molar-refractivity contribution in [3.63, 3.8) is 0 Å². The van der Waals surface area contributed by atoms with Crippen LogP contribution in [0.4, 0.5) is 20.3 Å². The van der Waals surface area contributed by atoms with E-state index in [0.29, 0.717) is 6.54 Å². The van der Waals surface area contributed by atoms with Gasteiger partial charge in [-0.15, -0.1) is 5.10 Å². The monoisotopic (exact) mass is 479 g/mol. The molecule has 1 N–H and O–H groups in total. The van der Waals surface area contributed by atoms with Crippen LogP contribution in [0.25, 0.3) is 10.8 Å². The molecule has 0 unspecified atom stereocenters. The van der Waals surface area contributed by atoms with Crippen LogP contribution < -0.4 is 10.2 Å². The molecule has 0 aliphatic carbocycles. The summed E-state index contributed by atoms with van der Waals surface area (Å²) in [5, 5.41) is 14.7. The van der Waals surface area contributed by atoms with Gasteiger partial charge in [0.1, 0.15) is 0 Å². The number of rotatable bonds is 5. The number of likely N-dealkylation sites (tertiary alicyclic amines) is 1. The van der Waals surface area contributed by atoms with Gasteiger partial charge in [-0.05, 0) is 69.4 Å². The van der Waals surface area contributed by atoms with Crippen LogP contribution in [0.1, 0.15) is 54.6 Å². The Morgan fingerprint density at radius 3 is 2.49 bits per heavy atom. The van der Waals surface area contributed by atoms with Crippen molar-refractivity contribution >= 4 is 22.3 Å². The van der Waals surface area contributed by atoms with Crippen molar-refractivity contribution in [3.8, 4) is 0 Å². The summed E-state index contributed by atoms with van der Waals surface area (Å²) in [5.74, 6) is -1.73. The van der Waals surface area contributed by atoms with Crippen molar-refractivity contribution in [2.24, 2.45) is 0 Å². The topological polar surface area (TPSA) is 44.3 Å². The Balaban J connectivity index is 1.36. The first-order valence-electron chi connectivity index (χ1n) is 12.7. The number of hydrogen-bond donors (Lipinski definition) is 1. The second kappa shape index (κ2) is 9.34. The van der Waals surface area contributed by atoms with Gasteiger partial charge in [-0.2, -0.15) is 5.10 Å². The summed E-state index contributed by atoms with van der Waals surface area (Å²) in [6.07, 6.45) is 1.82. The van der Waals surface area contributed by atoms with E-state index in [0.717, 1.165) is 53.9 Å². The quantitative estimate of drug-likeness (QED) is 0.484. The van der Waals surface area contributed by atoms with E-state index in [-0.39, 0.29) is 25.0 Å². The molecule has 3 heterocycles. The third-order valence-corrected chi connectivity index (χ3v) is 7.96. The van der Waals surface area contributed by atoms with E-state index in [1.54, 1.807) is 0 Å². The first-order chi connectivity index (χ1) is 16.7. The number of fused-ring (bicyclic) bond motifs is 1. The van der Waals surface area contributed by atoms with Crippen molar-refractivity contribution in [3.05, 3.63) is 58.8 Å². The van der Waals surface area contributed by atoms with Gasteiger partial charge in [-0.1, -0.05) is 24.3 Å². The smallest absolute Gasteiger partial charge is 0.261 e. The molecule has 5 rings (SSSR count). The van der Waals surface area contributed by atoms with E-state index in [4.69, 9.17) is 0 Å². The highest BCUT2D eigenvalue weighted by Crippen LogP contribution is 2.34. The van der Waals surface area contributed by atoms with Crippen molar-refractivity contribution in [1.82, 2.24) is 15.1 Å². The molecule has 2 aromatic carbocycles. The minimum absolute atomic E-state index is 0.00541. The number of anilines is 2. The zero-order chi connectivity index (χ0) is 24.7. The predicted octanol–water partition coefficient (Wildman–Crippen LogP) is 6.04. The van der Waals surface area contributed by atoms with Gasteiger partial charge in [0.15, 0.2) is 5.82 Å². The largest absolute Gasteiger partial charge is 0.371 e. The lowest BCUT2D eigenvalue weighted by Crippen LogP contribution is -2.44. The molecule has 0 bridgehead atoms. The van der Waals surface area contributed by atoms with E-state index < -0.39 is 5.92 Å². The third-order valence-electron chi connectivity index (χ3n) is 7.96. The van der Waals surface area contributed by atoms with Gasteiger partial charge in [0.05, 0.1) is 18.3 Å². The lowest BCUT2D eigenvalue weighted by atomic mass is 9.98. The summed E-state index contributed by atoms with van der Waals surface area (Å²) in [7, 11) is 0. The summed E-state index contributed by atoms with van der Waals surface area (Å²) in [5.41, 5.74) is 5.88. The molecule has 0 saturated carbocycles. The van der Waals surface area contributed by atoms with Crippen LogP contribution >= 0.6 is 0 Å². The Labute approximate surface area is 206 Å². The van der Waals surface area contributed by atoms with Gasteiger partial charge in [0.2, 0.25) is 0 Å². The molecular weight excluding hydrogens is 444 g/mol. The Hall–Kier alpha value is -2.80. The second-order valence-electron chi connectivity index (χ2n) is 10.3. The van der Waals surface area contributed by atoms with E-state index in [2.05, 4.69) is 77.6 Å². The van der Waals surface area contributed by atoms with Crippen LogP contribution in [-0.4, -0.2) is 53.2 Å². The molecule has 1 atom stereocenters. The molecule has 186 valence electrons. The van der Waals surface area contributed by atoms with Crippen LogP contribution in [0.2, 0.25) is 0 Å². The Bertz CT molecular complexity index is 1220. The SMILES string of the molecule is Cc1cccc([C@@H](C)Nc2nnc(C)c3ccc(N4CCC(N5CCC(F)(F)C5)CC4)cc23)c1C. The number of nitrogens with one attached hydrogen (secondary N) is 1. The average molecular weight is 480 g/mol. The number of aromatic nitrogens is 2. The Kier molecular flexibility index (Phi) is 6.38. The third kappa shape index (κ3) is 4.83. The molecule has 35 heavy (non-hydrogen) atoms. The zero-order valence-electron chi connectivity index (χ0n) is 21.1. The van der Waals surface area contributed by atoms with Gasteiger partial charge in [-0.25, -0.2) is 8.78 Å². The molecule has 3 aromatic rings. The molecule has 2 saturated heterocycles. The van der Waals surface area contributed by atoms with E-state index in [9.17, 15) is 8.78 Å². The molecule has 1 aromatic heterocycles. The lowest BCUT2D eigenvalue weighted by molar-refractivity contribution is 0.00629.